The Morgan fingerprint density at radius 2 is 0.897 bits per heavy atom. The average Bonchev–Trinajstić information content (AvgIpc) is 2.67. The third kappa shape index (κ3) is 4.47. The molecule has 6 nitrogen and oxygen atoms in total. The van der Waals surface area contributed by atoms with Crippen LogP contribution in [0.3, 0.4) is 0 Å². The summed E-state index contributed by atoms with van der Waals surface area (Å²) < 4.78 is 23.2. The quantitative estimate of drug-likeness (QED) is 0.579. The maximum absolute atomic E-state index is 10.3. The minimum atomic E-state index is -0.603. The summed E-state index contributed by atoms with van der Waals surface area (Å²) in [7, 11) is 0. The van der Waals surface area contributed by atoms with E-state index in [1.165, 1.54) is 0 Å². The first kappa shape index (κ1) is 22.5. The summed E-state index contributed by atoms with van der Waals surface area (Å²) in [5, 5.41) is 20.6. The van der Waals surface area contributed by atoms with E-state index in [9.17, 15) is 10.2 Å². The second kappa shape index (κ2) is 9.63. The van der Waals surface area contributed by atoms with Crippen molar-refractivity contribution in [1.82, 2.24) is 0 Å². The highest BCUT2D eigenvalue weighted by molar-refractivity contribution is 5.64. The van der Waals surface area contributed by atoms with Gasteiger partial charge in [0.15, 0.2) is 23.0 Å². The Labute approximate surface area is 173 Å². The molecule has 6 heteroatoms. The van der Waals surface area contributed by atoms with E-state index < -0.39 is 5.41 Å². The van der Waals surface area contributed by atoms with Gasteiger partial charge in [-0.05, 0) is 39.8 Å². The SMILES string of the molecule is CCOc1c(O)ccc(C(C)(C)c2ccc(O)c(OCC)c2OCC)c1OCC. The highest BCUT2D eigenvalue weighted by Gasteiger charge is 2.34. The third-order valence-corrected chi connectivity index (χ3v) is 4.68. The van der Waals surface area contributed by atoms with Crippen molar-refractivity contribution < 1.29 is 29.2 Å². The van der Waals surface area contributed by atoms with Gasteiger partial charge in [0.05, 0.1) is 26.4 Å². The van der Waals surface area contributed by atoms with Crippen LogP contribution in [0.15, 0.2) is 24.3 Å². The molecule has 0 spiro atoms. The van der Waals surface area contributed by atoms with Gasteiger partial charge in [0.25, 0.3) is 0 Å². The van der Waals surface area contributed by atoms with Crippen LogP contribution >= 0.6 is 0 Å². The lowest BCUT2D eigenvalue weighted by Gasteiger charge is -2.31. The first-order chi connectivity index (χ1) is 13.8. The lowest BCUT2D eigenvalue weighted by molar-refractivity contribution is 0.265. The van der Waals surface area contributed by atoms with Crippen LogP contribution in [0.25, 0.3) is 0 Å². The van der Waals surface area contributed by atoms with Crippen LogP contribution < -0.4 is 18.9 Å². The fourth-order valence-corrected chi connectivity index (χ4v) is 3.38. The fraction of sp³-hybridized carbons (Fsp3) is 0.478. The molecule has 2 aromatic carbocycles. The summed E-state index contributed by atoms with van der Waals surface area (Å²) in [4.78, 5) is 0. The van der Waals surface area contributed by atoms with E-state index in [1.807, 2.05) is 53.7 Å². The zero-order valence-corrected chi connectivity index (χ0v) is 18.2. The molecule has 0 atom stereocenters. The Morgan fingerprint density at radius 1 is 0.586 bits per heavy atom. The molecule has 0 aliphatic rings. The lowest BCUT2D eigenvalue weighted by Crippen LogP contribution is -2.22. The molecule has 2 aromatic rings. The van der Waals surface area contributed by atoms with Crippen molar-refractivity contribution in [3.8, 4) is 34.5 Å². The molecule has 0 heterocycles. The van der Waals surface area contributed by atoms with E-state index in [-0.39, 0.29) is 11.5 Å². The number of phenols is 2. The van der Waals surface area contributed by atoms with Crippen LogP contribution in [0.4, 0.5) is 0 Å². The Kier molecular flexibility index (Phi) is 7.48. The van der Waals surface area contributed by atoms with Crippen LogP contribution in [0.1, 0.15) is 52.7 Å². The summed E-state index contributed by atoms with van der Waals surface area (Å²) in [6.45, 7) is 13.2. The van der Waals surface area contributed by atoms with Gasteiger partial charge >= 0.3 is 0 Å². The molecule has 0 aliphatic carbocycles. The molecule has 0 radical (unpaired) electrons. The van der Waals surface area contributed by atoms with E-state index in [1.54, 1.807) is 12.1 Å². The topological polar surface area (TPSA) is 77.4 Å². The van der Waals surface area contributed by atoms with Gasteiger partial charge in [-0.15, -0.1) is 0 Å². The zero-order valence-electron chi connectivity index (χ0n) is 18.2. The second-order valence-corrected chi connectivity index (χ2v) is 6.94. The predicted octanol–water partition coefficient (Wildman–Crippen LogP) is 5.02. The molecule has 0 amide bonds. The van der Waals surface area contributed by atoms with Crippen molar-refractivity contribution in [2.75, 3.05) is 26.4 Å². The Balaban J connectivity index is 2.75. The molecule has 0 bridgehead atoms. The summed E-state index contributed by atoms with van der Waals surface area (Å²) >= 11 is 0. The van der Waals surface area contributed by atoms with Gasteiger partial charge in [-0.2, -0.15) is 0 Å². The van der Waals surface area contributed by atoms with Crippen LogP contribution in [0, 0.1) is 0 Å². The second-order valence-electron chi connectivity index (χ2n) is 6.94. The summed E-state index contributed by atoms with van der Waals surface area (Å²) in [6, 6.07) is 6.86. The number of hydrogen-bond acceptors (Lipinski definition) is 6. The Morgan fingerprint density at radius 3 is 1.21 bits per heavy atom. The molecule has 0 aliphatic heterocycles. The first-order valence-electron chi connectivity index (χ1n) is 10.1. The van der Waals surface area contributed by atoms with Crippen molar-refractivity contribution in [3.05, 3.63) is 35.4 Å². The molecule has 160 valence electrons. The van der Waals surface area contributed by atoms with Gasteiger partial charge in [-0.1, -0.05) is 26.0 Å². The van der Waals surface area contributed by atoms with Gasteiger partial charge in [0, 0.05) is 16.5 Å². The van der Waals surface area contributed by atoms with Gasteiger partial charge in [0.2, 0.25) is 11.5 Å². The van der Waals surface area contributed by atoms with Gasteiger partial charge in [-0.3, -0.25) is 0 Å². The average molecular weight is 405 g/mol. The first-order valence-corrected chi connectivity index (χ1v) is 10.1. The van der Waals surface area contributed by atoms with Gasteiger partial charge < -0.3 is 29.2 Å². The fourth-order valence-electron chi connectivity index (χ4n) is 3.38. The van der Waals surface area contributed by atoms with E-state index in [0.29, 0.717) is 49.4 Å². The molecular formula is C23H32O6. The zero-order chi connectivity index (χ0) is 21.6. The van der Waals surface area contributed by atoms with E-state index in [4.69, 9.17) is 18.9 Å². The lowest BCUT2D eigenvalue weighted by atomic mass is 9.76. The summed E-state index contributed by atoms with van der Waals surface area (Å²) in [5.41, 5.74) is 1.05. The van der Waals surface area contributed by atoms with Crippen LogP contribution in [-0.4, -0.2) is 36.6 Å². The standard InChI is InChI=1S/C23H32O6/c1-7-26-19-15(11-13-17(24)21(19)28-9-3)23(5,6)16-12-14-18(25)22(29-10-4)20(16)27-8-2/h11-14,24-25H,7-10H2,1-6H3. The van der Waals surface area contributed by atoms with Gasteiger partial charge in [-0.25, -0.2) is 0 Å². The van der Waals surface area contributed by atoms with E-state index in [0.717, 1.165) is 11.1 Å². The Bertz CT molecular complexity index is 761. The maximum atomic E-state index is 10.3. The molecule has 2 rings (SSSR count). The molecule has 0 saturated heterocycles. The normalized spacial score (nSPS) is 11.2. The van der Waals surface area contributed by atoms with Crippen molar-refractivity contribution >= 4 is 0 Å². The number of rotatable bonds is 10. The predicted molar refractivity (Wildman–Crippen MR) is 113 cm³/mol. The summed E-state index contributed by atoms with van der Waals surface area (Å²) in [5.74, 6) is 1.69. The van der Waals surface area contributed by atoms with Gasteiger partial charge in [0.1, 0.15) is 0 Å². The number of hydrogen-bond donors (Lipinski definition) is 2. The van der Waals surface area contributed by atoms with Crippen molar-refractivity contribution in [1.29, 1.82) is 0 Å². The monoisotopic (exact) mass is 404 g/mol. The molecule has 0 fully saturated rings. The summed E-state index contributed by atoms with van der Waals surface area (Å²) in [6.07, 6.45) is 0. The smallest absolute Gasteiger partial charge is 0.203 e. The number of aromatic hydroxyl groups is 2. The van der Waals surface area contributed by atoms with Crippen molar-refractivity contribution in [3.63, 3.8) is 0 Å². The Hall–Kier alpha value is -2.76. The molecule has 0 unspecified atom stereocenters. The van der Waals surface area contributed by atoms with E-state index in [2.05, 4.69) is 0 Å². The largest absolute Gasteiger partial charge is 0.504 e. The third-order valence-electron chi connectivity index (χ3n) is 4.68. The number of phenolic OH excluding ortho intramolecular Hbond substituents is 2. The number of benzene rings is 2. The number of ether oxygens (including phenoxy) is 4. The minimum Gasteiger partial charge on any atom is -0.504 e. The molecule has 0 aromatic heterocycles. The van der Waals surface area contributed by atoms with Crippen molar-refractivity contribution in [2.24, 2.45) is 0 Å². The molecule has 29 heavy (non-hydrogen) atoms. The van der Waals surface area contributed by atoms with Crippen LogP contribution in [0.5, 0.6) is 34.5 Å². The molecular weight excluding hydrogens is 372 g/mol. The maximum Gasteiger partial charge on any atom is 0.203 e. The minimum absolute atomic E-state index is 0.0283. The highest BCUT2D eigenvalue weighted by atomic mass is 16.5. The van der Waals surface area contributed by atoms with E-state index >= 15 is 0 Å². The van der Waals surface area contributed by atoms with Crippen LogP contribution in [0.2, 0.25) is 0 Å². The van der Waals surface area contributed by atoms with Crippen molar-refractivity contribution in [2.45, 2.75) is 47.0 Å². The molecule has 2 N–H and O–H groups in total. The molecule has 0 saturated carbocycles. The highest BCUT2D eigenvalue weighted by Crippen LogP contribution is 2.51. The van der Waals surface area contributed by atoms with Crippen LogP contribution in [-0.2, 0) is 5.41 Å².